The maximum Gasteiger partial charge on any atom is 0.272 e. The first-order valence-electron chi connectivity index (χ1n) is 6.84. The fourth-order valence-electron chi connectivity index (χ4n) is 2.43. The molecule has 1 aliphatic rings. The van der Waals surface area contributed by atoms with Gasteiger partial charge in [-0.3, -0.25) is 4.79 Å². The second-order valence-electron chi connectivity index (χ2n) is 5.27. The number of β-amino-alcohol motifs (C(OH)–C–C–N with tert-alkyl or cyclic N) is 1. The van der Waals surface area contributed by atoms with E-state index in [1.807, 2.05) is 30.3 Å². The lowest BCUT2D eigenvalue weighted by atomic mass is 10.1. The minimum absolute atomic E-state index is 0.150. The first-order valence-corrected chi connectivity index (χ1v) is 6.84. The summed E-state index contributed by atoms with van der Waals surface area (Å²) < 4.78 is 5.60. The van der Waals surface area contributed by atoms with Crippen molar-refractivity contribution < 1.29 is 14.6 Å². The Morgan fingerprint density at radius 2 is 2.24 bits per heavy atom. The number of carbonyl (C=O) groups is 1. The van der Waals surface area contributed by atoms with Gasteiger partial charge in [0, 0.05) is 6.54 Å². The highest BCUT2D eigenvalue weighted by molar-refractivity contribution is 5.92. The van der Waals surface area contributed by atoms with Gasteiger partial charge >= 0.3 is 0 Å². The molecule has 0 spiro atoms. The van der Waals surface area contributed by atoms with Gasteiger partial charge in [-0.25, -0.2) is 4.98 Å². The van der Waals surface area contributed by atoms with Crippen molar-refractivity contribution in [3.8, 4) is 5.75 Å². The number of aliphatic hydroxyl groups is 1. The largest absolute Gasteiger partial charge is 0.491 e. The summed E-state index contributed by atoms with van der Waals surface area (Å²) >= 11 is 0. The van der Waals surface area contributed by atoms with Crippen molar-refractivity contribution >= 4 is 5.91 Å². The van der Waals surface area contributed by atoms with E-state index in [2.05, 4.69) is 9.97 Å². The van der Waals surface area contributed by atoms with E-state index in [-0.39, 0.29) is 19.1 Å². The van der Waals surface area contributed by atoms with Crippen molar-refractivity contribution in [1.82, 2.24) is 14.9 Å². The molecule has 21 heavy (non-hydrogen) atoms. The number of H-pyrrole nitrogens is 1. The number of rotatable bonds is 4. The average molecular weight is 287 g/mol. The van der Waals surface area contributed by atoms with E-state index < -0.39 is 5.60 Å². The molecule has 3 rings (SSSR count). The molecule has 110 valence electrons. The quantitative estimate of drug-likeness (QED) is 0.881. The molecule has 1 amide bonds. The van der Waals surface area contributed by atoms with Gasteiger partial charge in [0.15, 0.2) is 0 Å². The second kappa shape index (κ2) is 5.57. The third kappa shape index (κ3) is 3.05. The molecule has 1 unspecified atom stereocenters. The molecule has 0 bridgehead atoms. The number of aromatic amines is 1. The number of carbonyl (C=O) groups excluding carboxylic acids is 1. The number of aromatic nitrogens is 2. The Hall–Kier alpha value is -2.34. The van der Waals surface area contributed by atoms with Gasteiger partial charge in [0.1, 0.15) is 23.7 Å². The Labute approximate surface area is 122 Å². The molecule has 1 aromatic carbocycles. The molecule has 2 N–H and O–H groups in total. The molecular weight excluding hydrogens is 270 g/mol. The minimum Gasteiger partial charge on any atom is -0.491 e. The first-order chi connectivity index (χ1) is 10.2. The number of nitrogens with zero attached hydrogens (tertiary/aromatic N) is 2. The summed E-state index contributed by atoms with van der Waals surface area (Å²) in [7, 11) is 0. The number of benzene rings is 1. The van der Waals surface area contributed by atoms with Crippen molar-refractivity contribution in [3.05, 3.63) is 48.5 Å². The summed E-state index contributed by atoms with van der Waals surface area (Å²) in [5, 5.41) is 10.5. The molecule has 1 fully saturated rings. The third-order valence-corrected chi connectivity index (χ3v) is 3.60. The standard InChI is InChI=1S/C15H17N3O3/c19-14(13-8-16-11-17-13)18-7-6-15(20,9-18)10-21-12-4-2-1-3-5-12/h1-5,8,11,20H,6-7,9-10H2,(H,16,17). The van der Waals surface area contributed by atoms with E-state index >= 15 is 0 Å². The average Bonchev–Trinajstić information content (AvgIpc) is 3.16. The number of amides is 1. The van der Waals surface area contributed by atoms with Gasteiger partial charge in [0.25, 0.3) is 5.91 Å². The Kier molecular flexibility index (Phi) is 3.62. The van der Waals surface area contributed by atoms with Gasteiger partial charge in [-0.05, 0) is 18.6 Å². The zero-order valence-corrected chi connectivity index (χ0v) is 11.5. The third-order valence-electron chi connectivity index (χ3n) is 3.60. The van der Waals surface area contributed by atoms with E-state index in [0.717, 1.165) is 0 Å². The van der Waals surface area contributed by atoms with E-state index in [4.69, 9.17) is 4.74 Å². The Balaban J connectivity index is 1.59. The summed E-state index contributed by atoms with van der Waals surface area (Å²) in [6.07, 6.45) is 3.45. The molecule has 1 aliphatic heterocycles. The molecule has 2 aromatic rings. The number of likely N-dealkylation sites (tertiary alicyclic amines) is 1. The second-order valence-corrected chi connectivity index (χ2v) is 5.27. The van der Waals surface area contributed by atoms with Crippen LogP contribution in [0.15, 0.2) is 42.9 Å². The predicted molar refractivity (Wildman–Crippen MR) is 76.0 cm³/mol. The van der Waals surface area contributed by atoms with Crippen molar-refractivity contribution in [2.24, 2.45) is 0 Å². The highest BCUT2D eigenvalue weighted by atomic mass is 16.5. The highest BCUT2D eigenvalue weighted by Crippen LogP contribution is 2.24. The Morgan fingerprint density at radius 3 is 2.95 bits per heavy atom. The summed E-state index contributed by atoms with van der Waals surface area (Å²) in [5.74, 6) is 0.562. The fraction of sp³-hybridized carbons (Fsp3) is 0.333. The fourth-order valence-corrected chi connectivity index (χ4v) is 2.43. The van der Waals surface area contributed by atoms with Crippen molar-refractivity contribution in [2.45, 2.75) is 12.0 Å². The van der Waals surface area contributed by atoms with E-state index in [9.17, 15) is 9.90 Å². The molecule has 0 aliphatic carbocycles. The summed E-state index contributed by atoms with van der Waals surface area (Å²) in [4.78, 5) is 20.4. The highest BCUT2D eigenvalue weighted by Gasteiger charge is 2.39. The maximum atomic E-state index is 12.2. The molecule has 1 atom stereocenters. The van der Waals surface area contributed by atoms with Crippen LogP contribution in [0.1, 0.15) is 16.9 Å². The topological polar surface area (TPSA) is 78.5 Å². The van der Waals surface area contributed by atoms with Crippen molar-refractivity contribution in [2.75, 3.05) is 19.7 Å². The zero-order valence-electron chi connectivity index (χ0n) is 11.5. The van der Waals surface area contributed by atoms with Crippen LogP contribution in [-0.2, 0) is 0 Å². The number of imidazole rings is 1. The van der Waals surface area contributed by atoms with Gasteiger partial charge in [-0.15, -0.1) is 0 Å². The van der Waals surface area contributed by atoms with Gasteiger partial charge in [0.05, 0.1) is 19.1 Å². The van der Waals surface area contributed by atoms with E-state index in [0.29, 0.717) is 24.4 Å². The van der Waals surface area contributed by atoms with Gasteiger partial charge in [-0.2, -0.15) is 0 Å². The number of hydrogen-bond donors (Lipinski definition) is 2. The lowest BCUT2D eigenvalue weighted by Gasteiger charge is -2.23. The van der Waals surface area contributed by atoms with Crippen LogP contribution >= 0.6 is 0 Å². The van der Waals surface area contributed by atoms with Crippen LogP contribution in [0, 0.1) is 0 Å². The van der Waals surface area contributed by atoms with Crippen LogP contribution in [0.4, 0.5) is 0 Å². The maximum absolute atomic E-state index is 12.2. The molecule has 1 aromatic heterocycles. The lowest BCUT2D eigenvalue weighted by Crippen LogP contribution is -2.40. The van der Waals surface area contributed by atoms with Crippen LogP contribution in [0.3, 0.4) is 0 Å². The van der Waals surface area contributed by atoms with Crippen LogP contribution in [0.25, 0.3) is 0 Å². The van der Waals surface area contributed by atoms with Crippen LogP contribution in [-0.4, -0.2) is 51.2 Å². The molecular formula is C15H17N3O3. The normalized spacial score (nSPS) is 21.5. The smallest absolute Gasteiger partial charge is 0.272 e. The summed E-state index contributed by atoms with van der Waals surface area (Å²) in [6.45, 7) is 0.938. The molecule has 0 saturated carbocycles. The number of para-hydroxylation sites is 1. The molecule has 2 heterocycles. The van der Waals surface area contributed by atoms with Crippen molar-refractivity contribution in [1.29, 1.82) is 0 Å². The predicted octanol–water partition coefficient (Wildman–Crippen LogP) is 1.07. The van der Waals surface area contributed by atoms with Gasteiger partial charge in [-0.1, -0.05) is 18.2 Å². The monoisotopic (exact) mass is 287 g/mol. The molecule has 1 saturated heterocycles. The number of nitrogens with one attached hydrogen (secondary N) is 1. The SMILES string of the molecule is O=C(c1cnc[nH]1)N1CCC(O)(COc2ccccc2)C1. The Morgan fingerprint density at radius 1 is 1.43 bits per heavy atom. The number of ether oxygens (including phenoxy) is 1. The van der Waals surface area contributed by atoms with E-state index in [1.54, 1.807) is 4.90 Å². The molecule has 6 nitrogen and oxygen atoms in total. The molecule has 6 heteroatoms. The zero-order chi connectivity index (χ0) is 14.7. The number of hydrogen-bond acceptors (Lipinski definition) is 4. The summed E-state index contributed by atoms with van der Waals surface area (Å²) in [6, 6.07) is 9.34. The van der Waals surface area contributed by atoms with E-state index in [1.165, 1.54) is 12.5 Å². The van der Waals surface area contributed by atoms with Crippen molar-refractivity contribution in [3.63, 3.8) is 0 Å². The van der Waals surface area contributed by atoms with Crippen LogP contribution in [0.2, 0.25) is 0 Å². The lowest BCUT2D eigenvalue weighted by molar-refractivity contribution is 0.00426. The van der Waals surface area contributed by atoms with Gasteiger partial charge < -0.3 is 19.7 Å². The van der Waals surface area contributed by atoms with Crippen LogP contribution in [0.5, 0.6) is 5.75 Å². The Bertz CT molecular complexity index is 600. The first kappa shape index (κ1) is 13.6. The van der Waals surface area contributed by atoms with Gasteiger partial charge in [0.2, 0.25) is 0 Å². The molecule has 0 radical (unpaired) electrons. The summed E-state index contributed by atoms with van der Waals surface area (Å²) in [5.41, 5.74) is -0.575. The van der Waals surface area contributed by atoms with Crippen LogP contribution < -0.4 is 4.74 Å². The minimum atomic E-state index is -1.01.